The van der Waals surface area contributed by atoms with Gasteiger partial charge in [-0.25, -0.2) is 9.97 Å². The van der Waals surface area contributed by atoms with Crippen LogP contribution in [0.2, 0.25) is 0 Å². The van der Waals surface area contributed by atoms with Gasteiger partial charge >= 0.3 is 0 Å². The third kappa shape index (κ3) is 2.01. The molecule has 0 radical (unpaired) electrons. The number of hydrogen-bond acceptors (Lipinski definition) is 3. The first-order valence-electron chi connectivity index (χ1n) is 2.89. The lowest BCUT2D eigenvalue weighted by atomic mass is 10.3. The summed E-state index contributed by atoms with van der Waals surface area (Å²) < 4.78 is 0. The quantitative estimate of drug-likeness (QED) is 0.637. The van der Waals surface area contributed by atoms with Gasteiger partial charge in [0.15, 0.2) is 0 Å². The van der Waals surface area contributed by atoms with Crippen molar-refractivity contribution in [2.45, 2.75) is 20.8 Å². The van der Waals surface area contributed by atoms with Crippen molar-refractivity contribution in [1.29, 1.82) is 0 Å². The molecule has 0 unspecified atom stereocenters. The number of aromatic nitrogens is 2. The largest absolute Gasteiger partial charge is 0.368 e. The van der Waals surface area contributed by atoms with Crippen LogP contribution >= 0.6 is 0 Å². The second kappa shape index (κ2) is 3.82. The predicted octanol–water partition coefficient (Wildman–Crippen LogP) is 1.26. The minimum absolute atomic E-state index is 0. The van der Waals surface area contributed by atoms with Gasteiger partial charge in [0.05, 0.1) is 0 Å². The molecule has 3 heteroatoms. The number of rotatable bonds is 1. The second-order valence-electron chi connectivity index (χ2n) is 1.80. The first kappa shape index (κ1) is 8.88. The number of nitrogens with two attached hydrogens (primary N) is 1. The van der Waals surface area contributed by atoms with Crippen LogP contribution in [0.3, 0.4) is 0 Å². The molecular weight excluding hydrogens is 126 g/mol. The van der Waals surface area contributed by atoms with Crippen molar-refractivity contribution in [2.24, 2.45) is 0 Å². The van der Waals surface area contributed by atoms with Crippen molar-refractivity contribution in [3.05, 3.63) is 18.0 Å². The SMILES string of the molecule is C.CCc1cnc(N)nc1. The highest BCUT2D eigenvalue weighted by Crippen LogP contribution is 1.95. The fourth-order valence-corrected chi connectivity index (χ4v) is 0.547. The van der Waals surface area contributed by atoms with Gasteiger partial charge in [0.1, 0.15) is 0 Å². The molecule has 0 fully saturated rings. The van der Waals surface area contributed by atoms with E-state index in [1.54, 1.807) is 12.4 Å². The normalized spacial score (nSPS) is 8.50. The minimum Gasteiger partial charge on any atom is -0.368 e. The number of aryl methyl sites for hydroxylation is 1. The molecule has 0 aliphatic carbocycles. The molecular formula is C7H13N3. The Kier molecular flexibility index (Phi) is 3.39. The van der Waals surface area contributed by atoms with Crippen molar-refractivity contribution in [2.75, 3.05) is 5.73 Å². The Morgan fingerprint density at radius 1 is 1.40 bits per heavy atom. The summed E-state index contributed by atoms with van der Waals surface area (Å²) in [6, 6.07) is 0. The average molecular weight is 139 g/mol. The van der Waals surface area contributed by atoms with Gasteiger partial charge < -0.3 is 5.73 Å². The molecule has 0 bridgehead atoms. The van der Waals surface area contributed by atoms with Crippen LogP contribution in [0.5, 0.6) is 0 Å². The first-order chi connectivity index (χ1) is 4.33. The standard InChI is InChI=1S/C6H9N3.CH4/c1-2-5-3-8-6(7)9-4-5;/h3-4H,2H2,1H3,(H2,7,8,9);1H4. The van der Waals surface area contributed by atoms with Crippen LogP contribution in [0, 0.1) is 0 Å². The molecule has 0 aliphatic rings. The van der Waals surface area contributed by atoms with Crippen LogP contribution in [0.1, 0.15) is 19.9 Å². The summed E-state index contributed by atoms with van der Waals surface area (Å²) in [5.41, 5.74) is 6.37. The van der Waals surface area contributed by atoms with Gasteiger partial charge in [-0.05, 0) is 12.0 Å². The van der Waals surface area contributed by atoms with Gasteiger partial charge in [-0.15, -0.1) is 0 Å². The molecule has 56 valence electrons. The number of anilines is 1. The van der Waals surface area contributed by atoms with Crippen LogP contribution in [-0.4, -0.2) is 9.97 Å². The van der Waals surface area contributed by atoms with Crippen molar-refractivity contribution >= 4 is 5.95 Å². The summed E-state index contributed by atoms with van der Waals surface area (Å²) in [6.07, 6.45) is 4.44. The third-order valence-corrected chi connectivity index (χ3v) is 1.13. The lowest BCUT2D eigenvalue weighted by Gasteiger charge is -1.92. The topological polar surface area (TPSA) is 51.8 Å². The van der Waals surface area contributed by atoms with Crippen LogP contribution in [0.4, 0.5) is 5.95 Å². The Labute approximate surface area is 61.3 Å². The summed E-state index contributed by atoms with van der Waals surface area (Å²) in [7, 11) is 0. The molecule has 1 heterocycles. The minimum atomic E-state index is 0. The lowest BCUT2D eigenvalue weighted by Crippen LogP contribution is -1.94. The average Bonchev–Trinajstić information content (AvgIpc) is 1.90. The van der Waals surface area contributed by atoms with Crippen LogP contribution in [0.15, 0.2) is 12.4 Å². The molecule has 0 saturated carbocycles. The van der Waals surface area contributed by atoms with Crippen molar-refractivity contribution in [1.82, 2.24) is 9.97 Å². The highest BCUT2D eigenvalue weighted by molar-refractivity contribution is 5.16. The Bertz CT molecular complexity index is 181. The predicted molar refractivity (Wildman–Crippen MR) is 42.6 cm³/mol. The van der Waals surface area contributed by atoms with Crippen molar-refractivity contribution in [3.8, 4) is 0 Å². The molecule has 10 heavy (non-hydrogen) atoms. The maximum absolute atomic E-state index is 5.26. The van der Waals surface area contributed by atoms with E-state index in [2.05, 4.69) is 16.9 Å². The number of nitrogen functional groups attached to an aromatic ring is 1. The van der Waals surface area contributed by atoms with E-state index < -0.39 is 0 Å². The maximum Gasteiger partial charge on any atom is 0.219 e. The Hall–Kier alpha value is -1.12. The van der Waals surface area contributed by atoms with Crippen LogP contribution in [-0.2, 0) is 6.42 Å². The van der Waals surface area contributed by atoms with E-state index >= 15 is 0 Å². The van der Waals surface area contributed by atoms with E-state index in [1.807, 2.05) is 0 Å². The van der Waals surface area contributed by atoms with Gasteiger partial charge in [-0.3, -0.25) is 0 Å². The van der Waals surface area contributed by atoms with E-state index in [-0.39, 0.29) is 7.43 Å². The second-order valence-corrected chi connectivity index (χ2v) is 1.80. The molecule has 0 amide bonds. The number of hydrogen-bond donors (Lipinski definition) is 1. The molecule has 0 aliphatic heterocycles. The Balaban J connectivity index is 0.000000810. The molecule has 1 aromatic rings. The van der Waals surface area contributed by atoms with Gasteiger partial charge in [-0.1, -0.05) is 14.4 Å². The zero-order valence-corrected chi connectivity index (χ0v) is 5.33. The molecule has 1 aromatic heterocycles. The monoisotopic (exact) mass is 139 g/mol. The number of nitrogens with zero attached hydrogens (tertiary/aromatic N) is 2. The van der Waals surface area contributed by atoms with Crippen LogP contribution < -0.4 is 5.73 Å². The van der Waals surface area contributed by atoms with Gasteiger partial charge in [0.25, 0.3) is 0 Å². The van der Waals surface area contributed by atoms with E-state index in [0.29, 0.717) is 5.95 Å². The zero-order chi connectivity index (χ0) is 6.69. The fraction of sp³-hybridized carbons (Fsp3) is 0.429. The van der Waals surface area contributed by atoms with E-state index in [0.717, 1.165) is 12.0 Å². The molecule has 3 nitrogen and oxygen atoms in total. The van der Waals surface area contributed by atoms with Gasteiger partial charge in [-0.2, -0.15) is 0 Å². The van der Waals surface area contributed by atoms with Crippen molar-refractivity contribution in [3.63, 3.8) is 0 Å². The van der Waals surface area contributed by atoms with E-state index in [9.17, 15) is 0 Å². The lowest BCUT2D eigenvalue weighted by molar-refractivity contribution is 1.05. The Morgan fingerprint density at radius 3 is 2.30 bits per heavy atom. The summed E-state index contributed by atoms with van der Waals surface area (Å²) in [6.45, 7) is 2.05. The summed E-state index contributed by atoms with van der Waals surface area (Å²) in [5.74, 6) is 0.340. The van der Waals surface area contributed by atoms with Gasteiger partial charge in [0.2, 0.25) is 5.95 Å². The van der Waals surface area contributed by atoms with E-state index in [4.69, 9.17) is 5.73 Å². The highest BCUT2D eigenvalue weighted by Gasteiger charge is 1.87. The molecule has 0 atom stereocenters. The first-order valence-corrected chi connectivity index (χ1v) is 2.89. The summed E-state index contributed by atoms with van der Waals surface area (Å²) in [5, 5.41) is 0. The summed E-state index contributed by atoms with van der Waals surface area (Å²) >= 11 is 0. The molecule has 0 spiro atoms. The summed E-state index contributed by atoms with van der Waals surface area (Å²) in [4.78, 5) is 7.63. The molecule has 0 aromatic carbocycles. The smallest absolute Gasteiger partial charge is 0.219 e. The fourth-order valence-electron chi connectivity index (χ4n) is 0.547. The molecule has 1 rings (SSSR count). The highest BCUT2D eigenvalue weighted by atomic mass is 15.0. The van der Waals surface area contributed by atoms with E-state index in [1.165, 1.54) is 0 Å². The maximum atomic E-state index is 5.26. The van der Waals surface area contributed by atoms with Gasteiger partial charge in [0, 0.05) is 12.4 Å². The Morgan fingerprint density at radius 2 is 1.90 bits per heavy atom. The third-order valence-electron chi connectivity index (χ3n) is 1.13. The molecule has 2 N–H and O–H groups in total. The zero-order valence-electron chi connectivity index (χ0n) is 5.33. The van der Waals surface area contributed by atoms with Crippen LogP contribution in [0.25, 0.3) is 0 Å². The molecule has 0 saturated heterocycles. The van der Waals surface area contributed by atoms with Crippen molar-refractivity contribution < 1.29 is 0 Å².